The number of amides is 2. The van der Waals surface area contributed by atoms with Gasteiger partial charge in [-0.05, 0) is 24.5 Å². The van der Waals surface area contributed by atoms with Crippen LogP contribution in [0.2, 0.25) is 0 Å². The van der Waals surface area contributed by atoms with E-state index >= 15 is 0 Å². The van der Waals surface area contributed by atoms with Crippen LogP contribution in [0.1, 0.15) is 25.0 Å². The van der Waals surface area contributed by atoms with Gasteiger partial charge in [0.05, 0.1) is 5.92 Å². The first kappa shape index (κ1) is 15.4. The molecular weight excluding hydrogens is 268 g/mol. The minimum Gasteiger partial charge on any atom is -0.481 e. The molecule has 0 fully saturated rings. The molecule has 0 spiro atoms. The van der Waals surface area contributed by atoms with E-state index in [2.05, 4.69) is 6.07 Å². The minimum absolute atomic E-state index is 0.0693. The summed E-state index contributed by atoms with van der Waals surface area (Å²) in [5, 5.41) is 9.00. The van der Waals surface area contributed by atoms with Crippen molar-refractivity contribution in [3.05, 3.63) is 35.4 Å². The van der Waals surface area contributed by atoms with Gasteiger partial charge in [0, 0.05) is 26.2 Å². The highest BCUT2D eigenvalue weighted by atomic mass is 16.4. The zero-order valence-corrected chi connectivity index (χ0v) is 12.6. The molecule has 0 bridgehead atoms. The summed E-state index contributed by atoms with van der Waals surface area (Å²) < 4.78 is 0. The van der Waals surface area contributed by atoms with Gasteiger partial charge in [0.1, 0.15) is 0 Å². The summed E-state index contributed by atoms with van der Waals surface area (Å²) >= 11 is 0. The Labute approximate surface area is 125 Å². The fraction of sp³-hybridized carbons (Fsp3) is 0.500. The third-order valence-corrected chi connectivity index (χ3v) is 3.97. The number of carbonyl (C=O) groups is 2. The predicted octanol–water partition coefficient (Wildman–Crippen LogP) is 2.21. The Morgan fingerprint density at radius 3 is 2.62 bits per heavy atom. The Morgan fingerprint density at radius 1 is 1.33 bits per heavy atom. The van der Waals surface area contributed by atoms with Crippen molar-refractivity contribution in [3.8, 4) is 0 Å². The van der Waals surface area contributed by atoms with Crippen LogP contribution in [0.5, 0.6) is 0 Å². The van der Waals surface area contributed by atoms with Gasteiger partial charge in [0.25, 0.3) is 0 Å². The molecule has 0 saturated heterocycles. The first-order valence-corrected chi connectivity index (χ1v) is 7.36. The van der Waals surface area contributed by atoms with E-state index in [1.54, 1.807) is 16.7 Å². The lowest BCUT2D eigenvalue weighted by molar-refractivity contribution is -0.141. The second kappa shape index (κ2) is 6.61. The Hall–Kier alpha value is -2.04. The summed E-state index contributed by atoms with van der Waals surface area (Å²) in [5.41, 5.74) is 2.47. The summed E-state index contributed by atoms with van der Waals surface area (Å²) in [5.74, 6) is -1.42. The SMILES string of the molecule is CCN(CC(C)C(=O)O)C(=O)N1CCc2ccccc2C1. The van der Waals surface area contributed by atoms with Crippen LogP contribution in [-0.4, -0.2) is 46.5 Å². The molecule has 1 atom stereocenters. The van der Waals surface area contributed by atoms with Crippen molar-refractivity contribution in [3.63, 3.8) is 0 Å². The van der Waals surface area contributed by atoms with Gasteiger partial charge in [-0.25, -0.2) is 4.79 Å². The topological polar surface area (TPSA) is 60.9 Å². The van der Waals surface area contributed by atoms with Gasteiger partial charge >= 0.3 is 12.0 Å². The molecule has 2 amide bonds. The van der Waals surface area contributed by atoms with Crippen LogP contribution in [0.15, 0.2) is 24.3 Å². The van der Waals surface area contributed by atoms with E-state index in [0.717, 1.165) is 6.42 Å². The van der Waals surface area contributed by atoms with Gasteiger partial charge in [-0.15, -0.1) is 0 Å². The van der Waals surface area contributed by atoms with E-state index in [-0.39, 0.29) is 12.6 Å². The standard InChI is InChI=1S/C16H22N2O3/c1-3-17(10-12(2)15(19)20)16(21)18-9-8-13-6-4-5-7-14(13)11-18/h4-7,12H,3,8-11H2,1-2H3,(H,19,20). The maximum absolute atomic E-state index is 12.6. The number of hydrogen-bond donors (Lipinski definition) is 1. The molecule has 1 unspecified atom stereocenters. The van der Waals surface area contributed by atoms with Crippen LogP contribution < -0.4 is 0 Å². The Balaban J connectivity index is 2.04. The Kier molecular flexibility index (Phi) is 4.83. The normalized spacial score (nSPS) is 15.2. The molecule has 1 aromatic carbocycles. The fourth-order valence-corrected chi connectivity index (χ4v) is 2.61. The zero-order valence-electron chi connectivity index (χ0n) is 12.6. The number of hydrogen-bond acceptors (Lipinski definition) is 2. The highest BCUT2D eigenvalue weighted by Crippen LogP contribution is 2.19. The molecule has 1 N–H and O–H groups in total. The van der Waals surface area contributed by atoms with Gasteiger partial charge in [0.2, 0.25) is 0 Å². The number of rotatable bonds is 4. The van der Waals surface area contributed by atoms with Crippen LogP contribution in [0.25, 0.3) is 0 Å². The van der Waals surface area contributed by atoms with Crippen molar-refractivity contribution in [2.45, 2.75) is 26.8 Å². The molecule has 0 aliphatic carbocycles. The molecule has 1 aromatic rings. The first-order chi connectivity index (χ1) is 10.0. The molecule has 1 aliphatic rings. The highest BCUT2D eigenvalue weighted by Gasteiger charge is 2.26. The zero-order chi connectivity index (χ0) is 15.4. The summed E-state index contributed by atoms with van der Waals surface area (Å²) in [6.07, 6.45) is 0.855. The Morgan fingerprint density at radius 2 is 2.00 bits per heavy atom. The quantitative estimate of drug-likeness (QED) is 0.925. The molecule has 114 valence electrons. The number of benzene rings is 1. The third kappa shape index (κ3) is 3.54. The summed E-state index contributed by atoms with van der Waals surface area (Å²) in [6.45, 7) is 5.58. The maximum atomic E-state index is 12.6. The van der Waals surface area contributed by atoms with Gasteiger partial charge in [-0.3, -0.25) is 4.79 Å². The second-order valence-corrected chi connectivity index (χ2v) is 5.50. The number of nitrogens with zero attached hydrogens (tertiary/aromatic N) is 2. The minimum atomic E-state index is -0.870. The molecule has 21 heavy (non-hydrogen) atoms. The molecule has 0 aromatic heterocycles. The largest absolute Gasteiger partial charge is 0.481 e. The monoisotopic (exact) mass is 290 g/mol. The van der Waals surface area contributed by atoms with E-state index in [1.165, 1.54) is 11.1 Å². The van der Waals surface area contributed by atoms with Crippen molar-refractivity contribution in [2.24, 2.45) is 5.92 Å². The van der Waals surface area contributed by atoms with Gasteiger partial charge in [-0.2, -0.15) is 0 Å². The predicted molar refractivity (Wildman–Crippen MR) is 80.0 cm³/mol. The van der Waals surface area contributed by atoms with Crippen LogP contribution in [-0.2, 0) is 17.8 Å². The number of carbonyl (C=O) groups excluding carboxylic acids is 1. The second-order valence-electron chi connectivity index (χ2n) is 5.50. The van der Waals surface area contributed by atoms with Crippen molar-refractivity contribution in [2.75, 3.05) is 19.6 Å². The van der Waals surface area contributed by atoms with Gasteiger partial charge in [0.15, 0.2) is 0 Å². The molecule has 2 rings (SSSR count). The number of aliphatic carboxylic acids is 1. The first-order valence-electron chi connectivity index (χ1n) is 7.36. The Bertz CT molecular complexity index is 530. The highest BCUT2D eigenvalue weighted by molar-refractivity contribution is 5.76. The van der Waals surface area contributed by atoms with E-state index in [1.807, 2.05) is 25.1 Å². The summed E-state index contributed by atoms with van der Waals surface area (Å²) in [6, 6.07) is 8.08. The van der Waals surface area contributed by atoms with Crippen molar-refractivity contribution < 1.29 is 14.7 Å². The average molecular weight is 290 g/mol. The summed E-state index contributed by atoms with van der Waals surface area (Å²) in [4.78, 5) is 26.9. The van der Waals surface area contributed by atoms with Gasteiger partial charge < -0.3 is 14.9 Å². The lowest BCUT2D eigenvalue weighted by atomic mass is 10.0. The van der Waals surface area contributed by atoms with Crippen LogP contribution >= 0.6 is 0 Å². The fourth-order valence-electron chi connectivity index (χ4n) is 2.61. The summed E-state index contributed by atoms with van der Waals surface area (Å²) in [7, 11) is 0. The maximum Gasteiger partial charge on any atom is 0.320 e. The number of carboxylic acid groups (broad SMARTS) is 1. The lowest BCUT2D eigenvalue weighted by Crippen LogP contribution is -2.47. The number of urea groups is 1. The van der Waals surface area contributed by atoms with Crippen LogP contribution in [0, 0.1) is 5.92 Å². The molecule has 1 heterocycles. The molecule has 0 saturated carbocycles. The molecule has 1 aliphatic heterocycles. The van der Waals surface area contributed by atoms with Crippen LogP contribution in [0.4, 0.5) is 4.79 Å². The lowest BCUT2D eigenvalue weighted by Gasteiger charge is -2.34. The van der Waals surface area contributed by atoms with Crippen molar-refractivity contribution in [1.82, 2.24) is 9.80 Å². The average Bonchev–Trinajstić information content (AvgIpc) is 2.51. The van der Waals surface area contributed by atoms with E-state index in [9.17, 15) is 9.59 Å². The van der Waals surface area contributed by atoms with E-state index in [0.29, 0.717) is 19.6 Å². The molecule has 5 nitrogen and oxygen atoms in total. The van der Waals surface area contributed by atoms with Crippen molar-refractivity contribution >= 4 is 12.0 Å². The molecule has 5 heteroatoms. The smallest absolute Gasteiger partial charge is 0.320 e. The number of fused-ring (bicyclic) bond motifs is 1. The number of carboxylic acids is 1. The van der Waals surface area contributed by atoms with E-state index < -0.39 is 11.9 Å². The third-order valence-electron chi connectivity index (χ3n) is 3.97. The molecule has 0 radical (unpaired) electrons. The van der Waals surface area contributed by atoms with E-state index in [4.69, 9.17) is 5.11 Å². The van der Waals surface area contributed by atoms with Crippen LogP contribution in [0.3, 0.4) is 0 Å². The van der Waals surface area contributed by atoms with Crippen molar-refractivity contribution in [1.29, 1.82) is 0 Å². The van der Waals surface area contributed by atoms with Gasteiger partial charge in [-0.1, -0.05) is 31.2 Å². The molecular formula is C16H22N2O3.